The molecule has 0 radical (unpaired) electrons. The second-order valence-electron chi connectivity index (χ2n) is 5.82. The standard InChI is InChI=1S/C19H19N3O3S/c1-24-14-6-7-17(25-2)16(9-14)21-18(23)11-26-19-13(10-20)8-12-4-3-5-15(12)22-19/h6-9H,3-5,11H2,1-2H3,(H,21,23). The van der Waals surface area contributed by atoms with Crippen molar-refractivity contribution in [2.24, 2.45) is 0 Å². The molecule has 0 saturated carbocycles. The number of carbonyl (C=O) groups is 1. The Kier molecular flexibility index (Phi) is 5.64. The Morgan fingerprint density at radius 1 is 1.31 bits per heavy atom. The number of hydrogen-bond donors (Lipinski definition) is 1. The highest BCUT2D eigenvalue weighted by Crippen LogP contribution is 2.30. The van der Waals surface area contributed by atoms with Crippen LogP contribution in [0.2, 0.25) is 0 Å². The number of fused-ring (bicyclic) bond motifs is 1. The van der Waals surface area contributed by atoms with Crippen LogP contribution in [0.25, 0.3) is 0 Å². The minimum absolute atomic E-state index is 0.154. The lowest BCUT2D eigenvalue weighted by Gasteiger charge is -2.12. The monoisotopic (exact) mass is 369 g/mol. The Labute approximate surface area is 156 Å². The minimum Gasteiger partial charge on any atom is -0.497 e. The summed E-state index contributed by atoms with van der Waals surface area (Å²) in [5.74, 6) is 1.13. The van der Waals surface area contributed by atoms with Crippen LogP contribution < -0.4 is 14.8 Å². The molecule has 3 rings (SSSR count). The van der Waals surface area contributed by atoms with Crippen LogP contribution in [0, 0.1) is 11.3 Å². The van der Waals surface area contributed by atoms with Gasteiger partial charge in [0.05, 0.1) is 31.2 Å². The number of thioether (sulfide) groups is 1. The smallest absolute Gasteiger partial charge is 0.234 e. The second-order valence-corrected chi connectivity index (χ2v) is 6.78. The largest absolute Gasteiger partial charge is 0.497 e. The van der Waals surface area contributed by atoms with Crippen LogP contribution in [0.5, 0.6) is 11.5 Å². The topological polar surface area (TPSA) is 84.2 Å². The van der Waals surface area contributed by atoms with Crippen molar-refractivity contribution in [3.05, 3.63) is 41.1 Å². The number of aromatic nitrogens is 1. The molecule has 1 aromatic carbocycles. The van der Waals surface area contributed by atoms with E-state index in [2.05, 4.69) is 16.4 Å². The summed E-state index contributed by atoms with van der Waals surface area (Å²) in [6.07, 6.45) is 2.97. The van der Waals surface area contributed by atoms with Crippen LogP contribution >= 0.6 is 11.8 Å². The number of nitrogens with one attached hydrogen (secondary N) is 1. The highest BCUT2D eigenvalue weighted by Gasteiger charge is 2.18. The van der Waals surface area contributed by atoms with Crippen molar-refractivity contribution in [2.75, 3.05) is 25.3 Å². The van der Waals surface area contributed by atoms with Crippen molar-refractivity contribution in [1.29, 1.82) is 5.26 Å². The first-order chi connectivity index (χ1) is 12.6. The van der Waals surface area contributed by atoms with Crippen LogP contribution in [0.1, 0.15) is 23.2 Å². The van der Waals surface area contributed by atoms with Gasteiger partial charge in [-0.2, -0.15) is 5.26 Å². The number of amides is 1. The highest BCUT2D eigenvalue weighted by molar-refractivity contribution is 8.00. The maximum absolute atomic E-state index is 12.3. The van der Waals surface area contributed by atoms with E-state index < -0.39 is 0 Å². The van der Waals surface area contributed by atoms with E-state index in [0.29, 0.717) is 27.8 Å². The van der Waals surface area contributed by atoms with Crippen LogP contribution in [-0.4, -0.2) is 30.9 Å². The van der Waals surface area contributed by atoms with Gasteiger partial charge in [0.1, 0.15) is 22.6 Å². The third-order valence-electron chi connectivity index (χ3n) is 4.16. The fourth-order valence-corrected chi connectivity index (χ4v) is 3.65. The fourth-order valence-electron chi connectivity index (χ4n) is 2.88. The number of pyridine rings is 1. The predicted molar refractivity (Wildman–Crippen MR) is 99.9 cm³/mol. The van der Waals surface area contributed by atoms with Gasteiger partial charge in [0.15, 0.2) is 0 Å². The Bertz CT molecular complexity index is 877. The molecule has 0 spiro atoms. The maximum atomic E-state index is 12.3. The van der Waals surface area contributed by atoms with E-state index in [1.165, 1.54) is 11.8 Å². The maximum Gasteiger partial charge on any atom is 0.234 e. The lowest BCUT2D eigenvalue weighted by Crippen LogP contribution is -2.15. The lowest BCUT2D eigenvalue weighted by atomic mass is 10.2. The van der Waals surface area contributed by atoms with E-state index in [9.17, 15) is 10.1 Å². The molecule has 0 fully saturated rings. The number of aryl methyl sites for hydroxylation is 2. The second kappa shape index (κ2) is 8.11. The van der Waals surface area contributed by atoms with E-state index in [1.807, 2.05) is 6.07 Å². The van der Waals surface area contributed by atoms with Crippen molar-refractivity contribution in [3.8, 4) is 17.6 Å². The average Bonchev–Trinajstić information content (AvgIpc) is 3.12. The predicted octanol–water partition coefficient (Wildman–Crippen LogP) is 3.19. The Morgan fingerprint density at radius 3 is 2.88 bits per heavy atom. The fraction of sp³-hybridized carbons (Fsp3) is 0.316. The first-order valence-corrected chi connectivity index (χ1v) is 9.20. The molecule has 0 atom stereocenters. The lowest BCUT2D eigenvalue weighted by molar-refractivity contribution is -0.113. The van der Waals surface area contributed by atoms with Gasteiger partial charge in [0.25, 0.3) is 0 Å². The summed E-state index contributed by atoms with van der Waals surface area (Å²) in [7, 11) is 3.10. The molecule has 7 heteroatoms. The van der Waals surface area contributed by atoms with Crippen LogP contribution in [0.15, 0.2) is 29.3 Å². The van der Waals surface area contributed by atoms with Crippen LogP contribution in [0.3, 0.4) is 0 Å². The third-order valence-corrected chi connectivity index (χ3v) is 5.15. The summed E-state index contributed by atoms with van der Waals surface area (Å²) in [5, 5.41) is 12.8. The molecule has 1 aliphatic rings. The van der Waals surface area contributed by atoms with Gasteiger partial charge < -0.3 is 14.8 Å². The van der Waals surface area contributed by atoms with E-state index >= 15 is 0 Å². The first-order valence-electron chi connectivity index (χ1n) is 8.22. The molecule has 0 saturated heterocycles. The number of methoxy groups -OCH3 is 2. The van der Waals surface area contributed by atoms with Crippen molar-refractivity contribution >= 4 is 23.4 Å². The Morgan fingerprint density at radius 2 is 2.15 bits per heavy atom. The summed E-state index contributed by atoms with van der Waals surface area (Å²) < 4.78 is 10.4. The van der Waals surface area contributed by atoms with Gasteiger partial charge in [-0.1, -0.05) is 11.8 Å². The minimum atomic E-state index is -0.201. The Hall–Kier alpha value is -2.72. The number of anilines is 1. The van der Waals surface area contributed by atoms with Gasteiger partial charge >= 0.3 is 0 Å². The summed E-state index contributed by atoms with van der Waals surface area (Å²) in [5.41, 5.74) is 3.26. The van der Waals surface area contributed by atoms with Gasteiger partial charge in [0, 0.05) is 11.8 Å². The van der Waals surface area contributed by atoms with E-state index in [1.54, 1.807) is 32.4 Å². The van der Waals surface area contributed by atoms with Crippen molar-refractivity contribution in [1.82, 2.24) is 4.98 Å². The summed E-state index contributed by atoms with van der Waals surface area (Å²) in [6, 6.07) is 9.28. The van der Waals surface area contributed by atoms with Gasteiger partial charge in [-0.15, -0.1) is 0 Å². The zero-order chi connectivity index (χ0) is 18.5. The zero-order valence-electron chi connectivity index (χ0n) is 14.7. The van der Waals surface area contributed by atoms with E-state index in [0.717, 1.165) is 30.5 Å². The first kappa shape index (κ1) is 18.1. The molecule has 2 aromatic rings. The third kappa shape index (κ3) is 3.92. The SMILES string of the molecule is COc1ccc(OC)c(NC(=O)CSc2nc3c(cc2C#N)CCC3)c1. The molecule has 1 N–H and O–H groups in total. The molecule has 1 aromatic heterocycles. The Balaban J connectivity index is 1.69. The number of carbonyl (C=O) groups excluding carboxylic acids is 1. The van der Waals surface area contributed by atoms with Gasteiger partial charge in [-0.25, -0.2) is 4.98 Å². The number of rotatable bonds is 6. The molecule has 1 aliphatic carbocycles. The van der Waals surface area contributed by atoms with Gasteiger partial charge in [-0.3, -0.25) is 4.79 Å². The van der Waals surface area contributed by atoms with Crippen molar-refractivity contribution in [2.45, 2.75) is 24.3 Å². The molecular formula is C19H19N3O3S. The molecule has 0 bridgehead atoms. The summed E-state index contributed by atoms with van der Waals surface area (Å²) >= 11 is 1.27. The quantitative estimate of drug-likeness (QED) is 0.787. The molecular weight excluding hydrogens is 350 g/mol. The summed E-state index contributed by atoms with van der Waals surface area (Å²) in [4.78, 5) is 16.9. The van der Waals surface area contributed by atoms with Crippen molar-refractivity contribution in [3.63, 3.8) is 0 Å². The number of ether oxygens (including phenoxy) is 2. The molecule has 6 nitrogen and oxygen atoms in total. The molecule has 1 amide bonds. The van der Waals surface area contributed by atoms with E-state index in [4.69, 9.17) is 9.47 Å². The zero-order valence-corrected chi connectivity index (χ0v) is 15.5. The highest BCUT2D eigenvalue weighted by atomic mass is 32.2. The van der Waals surface area contributed by atoms with Gasteiger partial charge in [0.2, 0.25) is 5.91 Å². The number of nitrogens with zero attached hydrogens (tertiary/aromatic N) is 2. The molecule has 26 heavy (non-hydrogen) atoms. The van der Waals surface area contributed by atoms with E-state index in [-0.39, 0.29) is 11.7 Å². The molecule has 0 aliphatic heterocycles. The van der Waals surface area contributed by atoms with Gasteiger partial charge in [-0.05, 0) is 43.0 Å². The number of nitriles is 1. The number of hydrogen-bond acceptors (Lipinski definition) is 6. The van der Waals surface area contributed by atoms with Crippen LogP contribution in [-0.2, 0) is 17.6 Å². The molecule has 0 unspecified atom stereocenters. The van der Waals surface area contributed by atoms with Crippen LogP contribution in [0.4, 0.5) is 5.69 Å². The number of benzene rings is 1. The van der Waals surface area contributed by atoms with Crippen molar-refractivity contribution < 1.29 is 14.3 Å². The average molecular weight is 369 g/mol. The molecule has 1 heterocycles. The molecule has 134 valence electrons. The normalized spacial score (nSPS) is 12.2. The summed E-state index contributed by atoms with van der Waals surface area (Å²) in [6.45, 7) is 0.